The summed E-state index contributed by atoms with van der Waals surface area (Å²) in [6.45, 7) is 0. The highest BCUT2D eigenvalue weighted by molar-refractivity contribution is 6.08. The summed E-state index contributed by atoms with van der Waals surface area (Å²) in [5.41, 5.74) is 9.75. The summed E-state index contributed by atoms with van der Waals surface area (Å²) in [7, 11) is 0. The van der Waals surface area contributed by atoms with Crippen molar-refractivity contribution in [3.05, 3.63) is 158 Å². The van der Waals surface area contributed by atoms with E-state index in [0.29, 0.717) is 0 Å². The monoisotopic (exact) mass is 538 g/mol. The molecule has 8 rings (SSSR count). The predicted octanol–water partition coefficient (Wildman–Crippen LogP) is 9.37. The van der Waals surface area contributed by atoms with E-state index in [1.54, 1.807) is 0 Å². The second kappa shape index (κ2) is 10.0. The molecule has 0 fully saturated rings. The molecule has 8 aromatic rings. The number of rotatable bonds is 5. The molecule has 42 heavy (non-hydrogen) atoms. The maximum Gasteiger partial charge on any atom is 0.145 e. The van der Waals surface area contributed by atoms with Gasteiger partial charge in [-0.3, -0.25) is 9.55 Å². The Morgan fingerprint density at radius 1 is 0.429 bits per heavy atom. The lowest BCUT2D eigenvalue weighted by Crippen LogP contribution is -2.01. The van der Waals surface area contributed by atoms with Crippen LogP contribution in [0, 0.1) is 0 Å². The molecule has 5 aromatic carbocycles. The third-order valence-corrected chi connectivity index (χ3v) is 7.84. The Kier molecular flexibility index (Phi) is 5.75. The summed E-state index contributed by atoms with van der Waals surface area (Å²) in [6, 6.07) is 50.9. The van der Waals surface area contributed by atoms with Gasteiger partial charge in [0.05, 0.1) is 22.4 Å². The van der Waals surface area contributed by atoms with Gasteiger partial charge in [-0.25, -0.2) is 4.98 Å². The minimum Gasteiger partial charge on any atom is -0.309 e. The van der Waals surface area contributed by atoms with E-state index in [1.807, 2.05) is 24.5 Å². The van der Waals surface area contributed by atoms with E-state index in [1.165, 1.54) is 5.39 Å². The van der Waals surface area contributed by atoms with Crippen molar-refractivity contribution in [1.82, 2.24) is 19.1 Å². The quantitative estimate of drug-likeness (QED) is 0.219. The summed E-state index contributed by atoms with van der Waals surface area (Å²) in [5, 5.41) is 2.35. The molecule has 0 saturated heterocycles. The van der Waals surface area contributed by atoms with Crippen LogP contribution in [0.25, 0.3) is 67.1 Å². The molecule has 0 amide bonds. The van der Waals surface area contributed by atoms with Gasteiger partial charge >= 0.3 is 0 Å². The average Bonchev–Trinajstić information content (AvgIpc) is 3.63. The van der Waals surface area contributed by atoms with Crippen molar-refractivity contribution in [3.8, 4) is 45.3 Å². The number of benzene rings is 5. The van der Waals surface area contributed by atoms with E-state index in [4.69, 9.17) is 4.98 Å². The highest BCUT2D eigenvalue weighted by atomic mass is 15.1. The van der Waals surface area contributed by atoms with Gasteiger partial charge in [-0.1, -0.05) is 109 Å². The molecule has 4 nitrogen and oxygen atoms in total. The zero-order valence-corrected chi connectivity index (χ0v) is 22.8. The van der Waals surface area contributed by atoms with Crippen molar-refractivity contribution < 1.29 is 0 Å². The molecular weight excluding hydrogens is 512 g/mol. The van der Waals surface area contributed by atoms with Gasteiger partial charge in [-0.2, -0.15) is 0 Å². The van der Waals surface area contributed by atoms with Crippen LogP contribution >= 0.6 is 0 Å². The fourth-order valence-corrected chi connectivity index (χ4v) is 5.96. The Labute approximate surface area is 243 Å². The van der Waals surface area contributed by atoms with Gasteiger partial charge in [0.15, 0.2) is 0 Å². The van der Waals surface area contributed by atoms with Crippen LogP contribution in [0.15, 0.2) is 158 Å². The number of pyridine rings is 1. The smallest absolute Gasteiger partial charge is 0.145 e. The van der Waals surface area contributed by atoms with Crippen LogP contribution < -0.4 is 0 Å². The number of para-hydroxylation sites is 1. The normalized spacial score (nSPS) is 11.3. The van der Waals surface area contributed by atoms with Crippen LogP contribution in [0.3, 0.4) is 0 Å². The van der Waals surface area contributed by atoms with E-state index >= 15 is 0 Å². The first-order valence-corrected chi connectivity index (χ1v) is 14.1. The van der Waals surface area contributed by atoms with E-state index in [9.17, 15) is 0 Å². The Hall–Kier alpha value is -5.74. The van der Waals surface area contributed by atoms with Crippen molar-refractivity contribution in [2.45, 2.75) is 0 Å². The van der Waals surface area contributed by atoms with Crippen LogP contribution in [-0.2, 0) is 0 Å². The second-order valence-electron chi connectivity index (χ2n) is 10.3. The maximum atomic E-state index is 5.31. The predicted molar refractivity (Wildman–Crippen MR) is 172 cm³/mol. The van der Waals surface area contributed by atoms with Crippen LogP contribution in [-0.4, -0.2) is 19.1 Å². The zero-order valence-electron chi connectivity index (χ0n) is 22.8. The molecule has 0 saturated carbocycles. The Balaban J connectivity index is 1.37. The third-order valence-electron chi connectivity index (χ3n) is 7.84. The topological polar surface area (TPSA) is 35.6 Å². The lowest BCUT2D eigenvalue weighted by atomic mass is 10.0. The Morgan fingerprint density at radius 2 is 0.976 bits per heavy atom. The SMILES string of the molecule is c1ccc(-c2nc(-c3ccccc3)n(-c3ccc(-n4c5ccccc5c5cnccc54)cc3)c2-c2ccccc2)cc1. The first-order valence-electron chi connectivity index (χ1n) is 14.1. The molecule has 0 N–H and O–H groups in total. The highest BCUT2D eigenvalue weighted by Gasteiger charge is 2.22. The van der Waals surface area contributed by atoms with E-state index in [2.05, 4.69) is 148 Å². The first kappa shape index (κ1) is 24.1. The number of aromatic nitrogens is 4. The van der Waals surface area contributed by atoms with Crippen LogP contribution in [0.1, 0.15) is 0 Å². The van der Waals surface area contributed by atoms with Crippen LogP contribution in [0.4, 0.5) is 0 Å². The Morgan fingerprint density at radius 3 is 1.67 bits per heavy atom. The molecule has 0 unspecified atom stereocenters. The fourth-order valence-electron chi connectivity index (χ4n) is 5.96. The minimum atomic E-state index is 0.906. The van der Waals surface area contributed by atoms with Crippen molar-refractivity contribution in [3.63, 3.8) is 0 Å². The molecule has 4 heteroatoms. The van der Waals surface area contributed by atoms with E-state index in [0.717, 1.165) is 61.7 Å². The van der Waals surface area contributed by atoms with Gasteiger partial charge in [-0.15, -0.1) is 0 Å². The molecule has 198 valence electrons. The second-order valence-corrected chi connectivity index (χ2v) is 10.3. The Bertz CT molecular complexity index is 2110. The van der Waals surface area contributed by atoms with Crippen molar-refractivity contribution in [2.75, 3.05) is 0 Å². The highest BCUT2D eigenvalue weighted by Crippen LogP contribution is 2.39. The van der Waals surface area contributed by atoms with Gasteiger partial charge in [0.25, 0.3) is 0 Å². The first-order chi connectivity index (χ1) is 20.9. The fraction of sp³-hybridized carbons (Fsp3) is 0. The molecule has 0 bridgehead atoms. The van der Waals surface area contributed by atoms with Gasteiger partial charge in [0.2, 0.25) is 0 Å². The summed E-state index contributed by atoms with van der Waals surface area (Å²) < 4.78 is 4.61. The lowest BCUT2D eigenvalue weighted by Gasteiger charge is -2.15. The van der Waals surface area contributed by atoms with E-state index < -0.39 is 0 Å². The van der Waals surface area contributed by atoms with Crippen LogP contribution in [0.5, 0.6) is 0 Å². The molecule has 0 aliphatic heterocycles. The number of imidazole rings is 1. The molecule has 3 heterocycles. The average molecular weight is 539 g/mol. The van der Waals surface area contributed by atoms with Gasteiger partial charge in [0, 0.05) is 51.2 Å². The lowest BCUT2D eigenvalue weighted by molar-refractivity contribution is 1.07. The zero-order chi connectivity index (χ0) is 27.9. The number of fused-ring (bicyclic) bond motifs is 3. The van der Waals surface area contributed by atoms with Crippen molar-refractivity contribution in [1.29, 1.82) is 0 Å². The summed E-state index contributed by atoms with van der Waals surface area (Å²) in [6.07, 6.45) is 3.82. The van der Waals surface area contributed by atoms with Crippen LogP contribution in [0.2, 0.25) is 0 Å². The number of nitrogens with zero attached hydrogens (tertiary/aromatic N) is 4. The molecule has 0 radical (unpaired) electrons. The summed E-state index contributed by atoms with van der Waals surface area (Å²) >= 11 is 0. The third kappa shape index (κ3) is 3.93. The maximum absolute atomic E-state index is 5.31. The molecule has 0 aliphatic carbocycles. The minimum absolute atomic E-state index is 0.906. The molecular formula is C38H26N4. The largest absolute Gasteiger partial charge is 0.309 e. The standard InChI is InChI=1S/C38H26N4/c1-4-12-27(13-5-1)36-37(28-14-6-2-7-15-28)42(38(40-36)29-16-8-3-9-17-29)31-22-20-30(21-23-31)41-34-19-11-10-18-32(34)33-26-39-25-24-35(33)41/h1-26H. The van der Waals surface area contributed by atoms with Crippen molar-refractivity contribution in [2.24, 2.45) is 0 Å². The summed E-state index contributed by atoms with van der Waals surface area (Å²) in [4.78, 5) is 9.71. The number of hydrogen-bond acceptors (Lipinski definition) is 2. The molecule has 0 aliphatic rings. The van der Waals surface area contributed by atoms with Gasteiger partial charge in [0.1, 0.15) is 5.82 Å². The molecule has 3 aromatic heterocycles. The van der Waals surface area contributed by atoms with Gasteiger partial charge in [-0.05, 0) is 36.4 Å². The van der Waals surface area contributed by atoms with E-state index in [-0.39, 0.29) is 0 Å². The number of hydrogen-bond donors (Lipinski definition) is 0. The summed E-state index contributed by atoms with van der Waals surface area (Å²) in [5.74, 6) is 0.906. The molecule has 0 atom stereocenters. The van der Waals surface area contributed by atoms with Crippen molar-refractivity contribution >= 4 is 21.8 Å². The van der Waals surface area contributed by atoms with Gasteiger partial charge < -0.3 is 4.57 Å². The molecule has 0 spiro atoms.